The number of fused-ring (bicyclic) bond motifs is 1. The van der Waals surface area contributed by atoms with Gasteiger partial charge in [-0.3, -0.25) is 9.78 Å². The molecule has 2 atom stereocenters. The maximum Gasteiger partial charge on any atom is 0.314 e. The molecule has 0 radical (unpaired) electrons. The number of halogens is 1. The van der Waals surface area contributed by atoms with Crippen LogP contribution < -0.4 is 4.90 Å². The van der Waals surface area contributed by atoms with Crippen LogP contribution in [-0.2, 0) is 9.53 Å². The second-order valence-electron chi connectivity index (χ2n) is 5.66. The Morgan fingerprint density at radius 3 is 2.77 bits per heavy atom. The number of nitrogens with zero attached hydrogens (tertiary/aromatic N) is 3. The van der Waals surface area contributed by atoms with Crippen molar-refractivity contribution in [1.82, 2.24) is 9.97 Å². The molecule has 3 heterocycles. The van der Waals surface area contributed by atoms with Crippen molar-refractivity contribution in [2.45, 2.75) is 32.2 Å². The van der Waals surface area contributed by atoms with E-state index in [4.69, 9.17) is 16.3 Å². The van der Waals surface area contributed by atoms with E-state index in [1.165, 1.54) is 13.5 Å². The van der Waals surface area contributed by atoms with Crippen molar-refractivity contribution in [3.8, 4) is 0 Å². The van der Waals surface area contributed by atoms with Crippen molar-refractivity contribution in [3.63, 3.8) is 0 Å². The van der Waals surface area contributed by atoms with Gasteiger partial charge < -0.3 is 9.64 Å². The molecule has 1 saturated heterocycles. The molecule has 0 amide bonds. The van der Waals surface area contributed by atoms with Gasteiger partial charge in [0.25, 0.3) is 0 Å². The van der Waals surface area contributed by atoms with E-state index in [2.05, 4.69) is 21.8 Å². The number of hydrogen-bond donors (Lipinski definition) is 0. The zero-order valence-corrected chi connectivity index (χ0v) is 13.6. The molecule has 0 saturated carbocycles. The monoisotopic (exact) mass is 319 g/mol. The highest BCUT2D eigenvalue weighted by atomic mass is 35.5. The molecule has 3 rings (SSSR count). The molecule has 0 aromatic carbocycles. The van der Waals surface area contributed by atoms with Crippen LogP contribution in [0.25, 0.3) is 10.8 Å². The van der Waals surface area contributed by atoms with Gasteiger partial charge in [0.2, 0.25) is 0 Å². The number of ether oxygens (including phenoxy) is 1. The van der Waals surface area contributed by atoms with Gasteiger partial charge >= 0.3 is 5.97 Å². The first-order valence-electron chi connectivity index (χ1n) is 7.31. The molecule has 0 N–H and O–H groups in total. The topological polar surface area (TPSA) is 55.3 Å². The van der Waals surface area contributed by atoms with Crippen molar-refractivity contribution in [1.29, 1.82) is 0 Å². The van der Waals surface area contributed by atoms with Crippen LogP contribution in [-0.4, -0.2) is 35.6 Å². The van der Waals surface area contributed by atoms with Gasteiger partial charge in [0.05, 0.1) is 30.6 Å². The molecule has 116 valence electrons. The van der Waals surface area contributed by atoms with Gasteiger partial charge in [-0.15, -0.1) is 0 Å². The molecule has 22 heavy (non-hydrogen) atoms. The Balaban J connectivity index is 2.17. The number of anilines is 1. The van der Waals surface area contributed by atoms with E-state index in [9.17, 15) is 4.79 Å². The van der Waals surface area contributed by atoms with Crippen LogP contribution in [0.3, 0.4) is 0 Å². The minimum Gasteiger partial charge on any atom is -0.469 e. The van der Waals surface area contributed by atoms with Gasteiger partial charge in [-0.2, -0.15) is 0 Å². The number of carbonyl (C=O) groups excluding carboxylic acids is 1. The van der Waals surface area contributed by atoms with Crippen molar-refractivity contribution >= 4 is 34.0 Å². The fraction of sp³-hybridized carbons (Fsp3) is 0.438. The van der Waals surface area contributed by atoms with E-state index in [0.717, 1.165) is 23.0 Å². The van der Waals surface area contributed by atoms with E-state index >= 15 is 0 Å². The van der Waals surface area contributed by atoms with Crippen molar-refractivity contribution < 1.29 is 9.53 Å². The number of esters is 1. The van der Waals surface area contributed by atoms with Crippen molar-refractivity contribution in [3.05, 3.63) is 29.3 Å². The molecule has 1 aliphatic heterocycles. The van der Waals surface area contributed by atoms with Crippen molar-refractivity contribution in [2.24, 2.45) is 0 Å². The number of rotatable bonds is 3. The summed E-state index contributed by atoms with van der Waals surface area (Å²) in [5, 5.41) is 2.22. The lowest BCUT2D eigenvalue weighted by Crippen LogP contribution is -2.45. The molecule has 1 aliphatic rings. The Morgan fingerprint density at radius 2 is 2.18 bits per heavy atom. The Hall–Kier alpha value is -1.88. The summed E-state index contributed by atoms with van der Waals surface area (Å²) in [6, 6.07) is 2.26. The predicted octanol–water partition coefficient (Wildman–Crippen LogP) is 3.16. The third-order valence-electron chi connectivity index (χ3n) is 4.34. The number of methoxy groups -OCH3 is 1. The third kappa shape index (κ3) is 2.39. The summed E-state index contributed by atoms with van der Waals surface area (Å²) >= 11 is 6.05. The normalized spacial score (nSPS) is 18.9. The second-order valence-corrected chi connectivity index (χ2v) is 6.04. The minimum absolute atomic E-state index is 0.313. The summed E-state index contributed by atoms with van der Waals surface area (Å²) in [5.74, 6) is -0.763. The minimum atomic E-state index is -0.450. The van der Waals surface area contributed by atoms with Crippen molar-refractivity contribution in [2.75, 3.05) is 18.6 Å². The second kappa shape index (κ2) is 5.72. The lowest BCUT2D eigenvalue weighted by atomic mass is 9.98. The molecule has 0 bridgehead atoms. The molecule has 2 aromatic rings. The first kappa shape index (κ1) is 15.0. The molecular weight excluding hydrogens is 302 g/mol. The number of aromatic nitrogens is 2. The highest BCUT2D eigenvalue weighted by molar-refractivity contribution is 6.30. The Morgan fingerprint density at radius 1 is 1.41 bits per heavy atom. The molecule has 0 spiro atoms. The molecule has 1 fully saturated rings. The first-order chi connectivity index (χ1) is 10.5. The quantitative estimate of drug-likeness (QED) is 0.642. The van der Waals surface area contributed by atoms with Crippen LogP contribution in [0.5, 0.6) is 0 Å². The van der Waals surface area contributed by atoms with E-state index in [0.29, 0.717) is 16.9 Å². The summed E-state index contributed by atoms with van der Waals surface area (Å²) in [4.78, 5) is 22.9. The Bertz CT molecular complexity index is 735. The number of hydrogen-bond acceptors (Lipinski definition) is 5. The molecule has 5 nitrogen and oxygen atoms in total. The third-order valence-corrected chi connectivity index (χ3v) is 4.55. The maximum absolute atomic E-state index is 11.9. The van der Waals surface area contributed by atoms with Crippen LogP contribution in [0.1, 0.15) is 31.9 Å². The maximum atomic E-state index is 11.9. The Kier molecular flexibility index (Phi) is 3.91. The summed E-state index contributed by atoms with van der Waals surface area (Å²) < 4.78 is 4.83. The largest absolute Gasteiger partial charge is 0.469 e. The smallest absolute Gasteiger partial charge is 0.314 e. The van der Waals surface area contributed by atoms with Gasteiger partial charge in [0.1, 0.15) is 5.15 Å². The fourth-order valence-corrected chi connectivity index (χ4v) is 3.01. The molecule has 6 heteroatoms. The molecular formula is C16H18ClN3O2. The standard InChI is InChI=1S/C16H18ClN3O2/c1-9-4-5-20(9)13-8-19-15(10(2)16(21)22-3)11-6-14(17)18-7-12(11)13/h6-10H,4-5H2,1-3H3/t9-,10?/m1/s1. The summed E-state index contributed by atoms with van der Waals surface area (Å²) in [6.07, 6.45) is 4.75. The summed E-state index contributed by atoms with van der Waals surface area (Å²) in [6.45, 7) is 4.98. The van der Waals surface area contributed by atoms with Crippen LogP contribution in [0.4, 0.5) is 5.69 Å². The van der Waals surface area contributed by atoms with Gasteiger partial charge in [-0.25, -0.2) is 4.98 Å². The zero-order valence-electron chi connectivity index (χ0n) is 12.8. The van der Waals surface area contributed by atoms with Gasteiger partial charge in [-0.05, 0) is 26.3 Å². The average Bonchev–Trinajstić information content (AvgIpc) is 2.51. The van der Waals surface area contributed by atoms with Gasteiger partial charge in [0.15, 0.2) is 0 Å². The van der Waals surface area contributed by atoms with Crippen LogP contribution in [0, 0.1) is 0 Å². The lowest BCUT2D eigenvalue weighted by Gasteiger charge is -2.41. The average molecular weight is 320 g/mol. The highest BCUT2D eigenvalue weighted by Gasteiger charge is 2.28. The van der Waals surface area contributed by atoms with E-state index in [-0.39, 0.29) is 5.97 Å². The number of carbonyl (C=O) groups is 1. The number of pyridine rings is 2. The SMILES string of the molecule is COC(=O)C(C)c1ncc(N2CC[C@H]2C)c2cnc(Cl)cc12. The van der Waals surface area contributed by atoms with Gasteiger partial charge in [-0.1, -0.05) is 11.6 Å². The highest BCUT2D eigenvalue weighted by Crippen LogP contribution is 2.36. The van der Waals surface area contributed by atoms with Crippen LogP contribution >= 0.6 is 11.6 Å². The molecule has 0 aliphatic carbocycles. The predicted molar refractivity (Wildman–Crippen MR) is 86.4 cm³/mol. The lowest BCUT2D eigenvalue weighted by molar-refractivity contribution is -0.142. The molecule has 2 aromatic heterocycles. The van der Waals surface area contributed by atoms with E-state index in [1.54, 1.807) is 19.2 Å². The van der Waals surface area contributed by atoms with Crippen LogP contribution in [0.2, 0.25) is 5.15 Å². The molecule has 1 unspecified atom stereocenters. The summed E-state index contributed by atoms with van der Waals surface area (Å²) in [5.41, 5.74) is 1.71. The Labute approximate surface area is 134 Å². The van der Waals surface area contributed by atoms with Gasteiger partial charge in [0, 0.05) is 29.6 Å². The fourth-order valence-electron chi connectivity index (χ4n) is 2.85. The zero-order chi connectivity index (χ0) is 15.9. The van der Waals surface area contributed by atoms with Crippen LogP contribution in [0.15, 0.2) is 18.5 Å². The summed E-state index contributed by atoms with van der Waals surface area (Å²) in [7, 11) is 1.38. The first-order valence-corrected chi connectivity index (χ1v) is 7.69. The van der Waals surface area contributed by atoms with E-state index < -0.39 is 5.92 Å². The van der Waals surface area contributed by atoms with E-state index in [1.807, 2.05) is 6.20 Å².